The number of allylic oxidation sites excluding steroid dienone is 4. The molecule has 0 heterocycles. The summed E-state index contributed by atoms with van der Waals surface area (Å²) in [5.41, 5.74) is 0.543. The Morgan fingerprint density at radius 3 is 1.85 bits per heavy atom. The van der Waals surface area contributed by atoms with Crippen molar-refractivity contribution in [2.75, 3.05) is 0 Å². The van der Waals surface area contributed by atoms with E-state index in [0.29, 0.717) is 5.56 Å². The van der Waals surface area contributed by atoms with Gasteiger partial charge in [-0.25, -0.2) is 9.59 Å². The Kier molecular flexibility index (Phi) is 8.69. The van der Waals surface area contributed by atoms with Crippen LogP contribution in [0, 0.1) is 11.3 Å². The quantitative estimate of drug-likeness (QED) is 0.132. The van der Waals surface area contributed by atoms with Crippen LogP contribution in [0.3, 0.4) is 0 Å². The lowest BCUT2D eigenvalue weighted by Gasteiger charge is -2.13. The molecule has 0 aromatic heterocycles. The van der Waals surface area contributed by atoms with Crippen molar-refractivity contribution >= 4 is 32.9 Å². The molecule has 0 radical (unpaired) electrons. The average Bonchev–Trinajstić information content (AvgIpc) is 2.98. The Bertz CT molecular complexity index is 1690. The Balaban J connectivity index is 1.75. The maximum atomic E-state index is 12.8. The molecule has 1 aliphatic carbocycles. The smallest absolute Gasteiger partial charge is 0.343 e. The van der Waals surface area contributed by atoms with Crippen LogP contribution in [-0.2, 0) is 19.8 Å². The minimum Gasteiger partial charge on any atom is -0.421 e. The van der Waals surface area contributed by atoms with Gasteiger partial charge in [-0.1, -0.05) is 66.7 Å². The van der Waals surface area contributed by atoms with E-state index in [2.05, 4.69) is 10.2 Å². The third-order valence-electron chi connectivity index (χ3n) is 5.30. The first kappa shape index (κ1) is 26.7. The van der Waals surface area contributed by atoms with Gasteiger partial charge in [0, 0.05) is 12.0 Å². The van der Waals surface area contributed by atoms with E-state index in [1.165, 1.54) is 12.2 Å². The highest BCUT2D eigenvalue weighted by atomic mass is 32.2. The molecule has 3 aromatic rings. The molecule has 0 amide bonds. The second-order valence-corrected chi connectivity index (χ2v) is 8.88. The van der Waals surface area contributed by atoms with Crippen molar-refractivity contribution in [3.8, 4) is 6.07 Å². The fraction of sp³-hybridized carbons (Fsp3) is 0.0345. The summed E-state index contributed by atoms with van der Waals surface area (Å²) >= 11 is 0. The van der Waals surface area contributed by atoms with Crippen molar-refractivity contribution in [2.24, 2.45) is 10.2 Å². The van der Waals surface area contributed by atoms with Crippen molar-refractivity contribution in [3.05, 3.63) is 137 Å². The molecule has 1 aliphatic rings. The number of carbonyl (C=O) groups excluding carboxylic acids is 2. The van der Waals surface area contributed by atoms with Crippen LogP contribution in [0.4, 0.5) is 0 Å². The van der Waals surface area contributed by atoms with E-state index in [1.54, 1.807) is 91.0 Å². The number of hydrogen-bond donors (Lipinski definition) is 0. The maximum Gasteiger partial charge on any atom is 0.343 e. The Morgan fingerprint density at radius 2 is 1.31 bits per heavy atom. The van der Waals surface area contributed by atoms with Gasteiger partial charge in [-0.3, -0.25) is 0 Å². The maximum absolute atomic E-state index is 12.8. The summed E-state index contributed by atoms with van der Waals surface area (Å²) in [5.74, 6) is -1.59. The Hall–Kier alpha value is -5.40. The summed E-state index contributed by atoms with van der Waals surface area (Å²) in [6, 6.07) is 26.7. The first-order valence-corrected chi connectivity index (χ1v) is 12.6. The molecule has 0 unspecified atom stereocenters. The van der Waals surface area contributed by atoms with Crippen molar-refractivity contribution < 1.29 is 27.5 Å². The van der Waals surface area contributed by atoms with Gasteiger partial charge in [-0.2, -0.15) is 13.7 Å². The minimum absolute atomic E-state index is 0.0180. The summed E-state index contributed by atoms with van der Waals surface area (Å²) in [6.07, 6.45) is 2.33. The summed E-state index contributed by atoms with van der Waals surface area (Å²) in [6.45, 7) is 0. The topological polar surface area (TPSA) is 135 Å². The van der Waals surface area contributed by atoms with Gasteiger partial charge in [-0.15, -0.1) is 10.2 Å². The van der Waals surface area contributed by atoms with Gasteiger partial charge in [0.25, 0.3) is 0 Å². The van der Waals surface area contributed by atoms with Gasteiger partial charge in [0.05, 0.1) is 16.0 Å². The second kappa shape index (κ2) is 12.7. The molecule has 0 spiro atoms. The third kappa shape index (κ3) is 6.88. The zero-order valence-corrected chi connectivity index (χ0v) is 21.0. The molecule has 39 heavy (non-hydrogen) atoms. The number of ether oxygens (including phenoxy) is 2. The van der Waals surface area contributed by atoms with Crippen molar-refractivity contribution in [1.82, 2.24) is 0 Å². The molecule has 0 saturated heterocycles. The predicted octanol–water partition coefficient (Wildman–Crippen LogP) is 5.27. The number of hydrogen-bond acceptors (Lipinski definition) is 9. The highest BCUT2D eigenvalue weighted by Crippen LogP contribution is 2.26. The average molecular weight is 538 g/mol. The van der Waals surface area contributed by atoms with E-state index < -0.39 is 22.2 Å². The predicted molar refractivity (Wildman–Crippen MR) is 142 cm³/mol. The molecule has 0 bridgehead atoms. The number of rotatable bonds is 7. The summed E-state index contributed by atoms with van der Waals surface area (Å²) in [5, 5.41) is 17.9. The molecular formula is C29H19N3O6S. The van der Waals surface area contributed by atoms with Crippen molar-refractivity contribution in [2.45, 2.75) is 6.42 Å². The van der Waals surface area contributed by atoms with Crippen LogP contribution in [-0.4, -0.2) is 25.2 Å². The lowest BCUT2D eigenvalue weighted by atomic mass is 10.1. The van der Waals surface area contributed by atoms with Crippen LogP contribution in [0.25, 0.3) is 5.76 Å². The molecular weight excluding hydrogens is 518 g/mol. The van der Waals surface area contributed by atoms with Crippen LogP contribution in [0.1, 0.15) is 32.7 Å². The second-order valence-electron chi connectivity index (χ2n) is 7.89. The van der Waals surface area contributed by atoms with Gasteiger partial charge < -0.3 is 9.47 Å². The monoisotopic (exact) mass is 537 g/mol. The van der Waals surface area contributed by atoms with Gasteiger partial charge >= 0.3 is 11.9 Å². The summed E-state index contributed by atoms with van der Waals surface area (Å²) in [7, 11) is -2.56. The number of benzene rings is 3. The van der Waals surface area contributed by atoms with Gasteiger partial charge in [0.15, 0.2) is 11.5 Å². The van der Waals surface area contributed by atoms with Gasteiger partial charge in [0.2, 0.25) is 16.0 Å². The first-order valence-electron chi connectivity index (χ1n) is 11.5. The highest BCUT2D eigenvalue weighted by Gasteiger charge is 2.21. The molecule has 192 valence electrons. The molecule has 0 aliphatic heterocycles. The normalized spacial score (nSPS) is 13.5. The summed E-state index contributed by atoms with van der Waals surface area (Å²) < 4.78 is 34.2. The molecule has 0 saturated carbocycles. The zero-order valence-electron chi connectivity index (χ0n) is 20.2. The largest absolute Gasteiger partial charge is 0.421 e. The van der Waals surface area contributed by atoms with E-state index in [-0.39, 0.29) is 45.3 Å². The Morgan fingerprint density at radius 1 is 0.769 bits per heavy atom. The highest BCUT2D eigenvalue weighted by molar-refractivity contribution is 7.73. The van der Waals surface area contributed by atoms with Crippen LogP contribution < -0.4 is 0 Å². The van der Waals surface area contributed by atoms with Crippen molar-refractivity contribution in [1.29, 1.82) is 5.26 Å². The van der Waals surface area contributed by atoms with Gasteiger partial charge in [-0.05, 0) is 36.4 Å². The van der Waals surface area contributed by atoms with E-state index in [1.807, 2.05) is 6.07 Å². The molecule has 4 rings (SSSR count). The first-order chi connectivity index (χ1) is 19.0. The van der Waals surface area contributed by atoms with Crippen LogP contribution in [0.2, 0.25) is 0 Å². The Labute approximate surface area is 225 Å². The summed E-state index contributed by atoms with van der Waals surface area (Å²) in [4.78, 5) is 25.4. The molecule has 10 heteroatoms. The molecule has 0 atom stereocenters. The lowest BCUT2D eigenvalue weighted by Crippen LogP contribution is -2.11. The van der Waals surface area contributed by atoms with Crippen LogP contribution >= 0.6 is 0 Å². The number of nitriles is 1. The lowest BCUT2D eigenvalue weighted by molar-refractivity contribution is 0.0631. The number of azo groups is 1. The SMILES string of the molecule is N#CC(N=NC1=C(OC(=O)c2ccccc2)C=CC(=S(=O)=O)C1)=C(OC(=O)c1ccccc1)c1ccccc1. The van der Waals surface area contributed by atoms with E-state index in [9.17, 15) is 23.3 Å². The standard InChI is InChI=1S/C29H19N3O6S/c30-19-25(27(20-10-4-1-5-11-20)38-29(34)22-14-8-3-9-15-22)32-31-24-18-23(39(35)36)16-17-26(24)37-28(33)21-12-6-2-7-13-21/h1-17H,18H2. The minimum atomic E-state index is -2.56. The fourth-order valence-electron chi connectivity index (χ4n) is 3.39. The molecule has 3 aromatic carbocycles. The van der Waals surface area contributed by atoms with E-state index >= 15 is 0 Å². The van der Waals surface area contributed by atoms with Crippen molar-refractivity contribution in [3.63, 3.8) is 0 Å². The molecule has 9 nitrogen and oxygen atoms in total. The number of esters is 2. The number of carbonyl (C=O) groups is 2. The molecule has 0 fully saturated rings. The zero-order chi connectivity index (χ0) is 27.6. The van der Waals surface area contributed by atoms with Crippen LogP contribution in [0.15, 0.2) is 131 Å². The fourth-order valence-corrected chi connectivity index (χ4v) is 3.82. The van der Waals surface area contributed by atoms with E-state index in [0.717, 1.165) is 0 Å². The third-order valence-corrected chi connectivity index (χ3v) is 6.01. The molecule has 0 N–H and O–H groups in total. The van der Waals surface area contributed by atoms with Gasteiger partial charge in [0.1, 0.15) is 11.8 Å². The number of nitrogens with zero attached hydrogens (tertiary/aromatic N) is 3. The van der Waals surface area contributed by atoms with E-state index in [4.69, 9.17) is 9.47 Å². The van der Waals surface area contributed by atoms with Crippen LogP contribution in [0.5, 0.6) is 0 Å².